The molecule has 0 bridgehead atoms. The summed E-state index contributed by atoms with van der Waals surface area (Å²) in [5, 5.41) is 6.12. The van der Waals surface area contributed by atoms with Crippen LogP contribution in [0.4, 0.5) is 0 Å². The van der Waals surface area contributed by atoms with Gasteiger partial charge in [0.25, 0.3) is 0 Å². The smallest absolute Gasteiger partial charge is 0.223 e. The summed E-state index contributed by atoms with van der Waals surface area (Å²) in [5.74, 6) is 0.368. The highest BCUT2D eigenvalue weighted by molar-refractivity contribution is 5.77. The van der Waals surface area contributed by atoms with Crippen LogP contribution in [0.5, 0.6) is 0 Å². The molecule has 0 unspecified atom stereocenters. The van der Waals surface area contributed by atoms with Gasteiger partial charge in [0.2, 0.25) is 11.8 Å². The first-order valence-electron chi connectivity index (χ1n) is 7.53. The molecule has 2 fully saturated rings. The van der Waals surface area contributed by atoms with E-state index in [1.807, 2.05) is 4.90 Å². The Balaban J connectivity index is 1.46. The number of likely N-dealkylation sites (tertiary alicyclic amines) is 1. The number of hydrogen-bond donors (Lipinski definition) is 2. The van der Waals surface area contributed by atoms with Gasteiger partial charge in [-0.2, -0.15) is 0 Å². The topological polar surface area (TPSA) is 61.4 Å². The van der Waals surface area contributed by atoms with Gasteiger partial charge in [-0.25, -0.2) is 0 Å². The minimum absolute atomic E-state index is 0.123. The normalized spacial score (nSPS) is 19.3. The average molecular weight is 267 g/mol. The van der Waals surface area contributed by atoms with E-state index in [4.69, 9.17) is 0 Å². The SMILES string of the molecule is O=C(CCNCCC(=O)N1CCCCC1)NC1CC1. The Hall–Kier alpha value is -1.10. The zero-order valence-corrected chi connectivity index (χ0v) is 11.6. The summed E-state index contributed by atoms with van der Waals surface area (Å²) < 4.78 is 0. The molecule has 0 radical (unpaired) electrons. The molecule has 0 aromatic rings. The molecule has 2 rings (SSSR count). The second-order valence-corrected chi connectivity index (χ2v) is 5.53. The van der Waals surface area contributed by atoms with E-state index in [0.29, 0.717) is 32.0 Å². The lowest BCUT2D eigenvalue weighted by Crippen LogP contribution is -2.37. The van der Waals surface area contributed by atoms with Crippen molar-refractivity contribution in [3.05, 3.63) is 0 Å². The molecule has 2 N–H and O–H groups in total. The van der Waals surface area contributed by atoms with Gasteiger partial charge in [-0.05, 0) is 32.1 Å². The summed E-state index contributed by atoms with van der Waals surface area (Å²) in [6, 6.07) is 0.438. The van der Waals surface area contributed by atoms with E-state index < -0.39 is 0 Å². The minimum Gasteiger partial charge on any atom is -0.353 e. The minimum atomic E-state index is 0.123. The summed E-state index contributed by atoms with van der Waals surface area (Å²) in [6.07, 6.45) is 6.84. The zero-order valence-electron chi connectivity index (χ0n) is 11.6. The summed E-state index contributed by atoms with van der Waals surface area (Å²) in [7, 11) is 0. The third kappa shape index (κ3) is 5.59. The van der Waals surface area contributed by atoms with Crippen LogP contribution in [0.1, 0.15) is 44.9 Å². The molecule has 1 heterocycles. The van der Waals surface area contributed by atoms with E-state index in [9.17, 15) is 9.59 Å². The average Bonchev–Trinajstić information content (AvgIpc) is 3.23. The number of rotatable bonds is 7. The van der Waals surface area contributed by atoms with Crippen LogP contribution >= 0.6 is 0 Å². The molecule has 0 spiro atoms. The van der Waals surface area contributed by atoms with Crippen LogP contribution in [0.2, 0.25) is 0 Å². The second kappa shape index (κ2) is 7.48. The van der Waals surface area contributed by atoms with Crippen molar-refractivity contribution >= 4 is 11.8 Å². The second-order valence-electron chi connectivity index (χ2n) is 5.53. The molecule has 5 heteroatoms. The Labute approximate surface area is 115 Å². The summed E-state index contributed by atoms with van der Waals surface area (Å²) in [4.78, 5) is 25.2. The van der Waals surface area contributed by atoms with Crippen molar-refractivity contribution in [1.29, 1.82) is 0 Å². The molecular weight excluding hydrogens is 242 g/mol. The van der Waals surface area contributed by atoms with Crippen LogP contribution in [-0.2, 0) is 9.59 Å². The number of piperidine rings is 1. The van der Waals surface area contributed by atoms with Crippen molar-refractivity contribution in [2.24, 2.45) is 0 Å². The van der Waals surface area contributed by atoms with Crippen LogP contribution < -0.4 is 10.6 Å². The highest BCUT2D eigenvalue weighted by Gasteiger charge is 2.22. The number of carbonyl (C=O) groups excluding carboxylic acids is 2. The Morgan fingerprint density at radius 2 is 1.68 bits per heavy atom. The van der Waals surface area contributed by atoms with Gasteiger partial charge in [0.15, 0.2) is 0 Å². The molecule has 2 amide bonds. The molecule has 1 aliphatic heterocycles. The number of amides is 2. The molecule has 2 aliphatic rings. The van der Waals surface area contributed by atoms with E-state index >= 15 is 0 Å². The molecule has 1 saturated carbocycles. The first-order valence-corrected chi connectivity index (χ1v) is 7.53. The first-order chi connectivity index (χ1) is 9.25. The third-order valence-corrected chi connectivity index (χ3v) is 3.70. The van der Waals surface area contributed by atoms with Gasteiger partial charge in [0.05, 0.1) is 0 Å². The molecule has 0 aromatic carbocycles. The maximum atomic E-state index is 11.9. The lowest BCUT2D eigenvalue weighted by Gasteiger charge is -2.26. The largest absolute Gasteiger partial charge is 0.353 e. The van der Waals surface area contributed by atoms with Gasteiger partial charge >= 0.3 is 0 Å². The number of nitrogens with zero attached hydrogens (tertiary/aromatic N) is 1. The highest BCUT2D eigenvalue weighted by Crippen LogP contribution is 2.18. The van der Waals surface area contributed by atoms with Crippen molar-refractivity contribution in [3.63, 3.8) is 0 Å². The highest BCUT2D eigenvalue weighted by atomic mass is 16.2. The fourth-order valence-corrected chi connectivity index (χ4v) is 2.35. The Morgan fingerprint density at radius 1 is 1.00 bits per heavy atom. The van der Waals surface area contributed by atoms with Gasteiger partial charge in [-0.1, -0.05) is 0 Å². The maximum Gasteiger partial charge on any atom is 0.223 e. The predicted molar refractivity (Wildman–Crippen MR) is 73.7 cm³/mol. The van der Waals surface area contributed by atoms with E-state index in [2.05, 4.69) is 10.6 Å². The molecule has 5 nitrogen and oxygen atoms in total. The zero-order chi connectivity index (χ0) is 13.5. The van der Waals surface area contributed by atoms with Gasteiger partial charge < -0.3 is 15.5 Å². The van der Waals surface area contributed by atoms with Crippen molar-refractivity contribution in [3.8, 4) is 0 Å². The van der Waals surface area contributed by atoms with Crippen LogP contribution in [-0.4, -0.2) is 48.9 Å². The number of carbonyl (C=O) groups is 2. The molecule has 1 saturated heterocycles. The molecule has 0 aromatic heterocycles. The standard InChI is InChI=1S/C14H25N3O2/c18-13(16-12-4-5-12)6-8-15-9-7-14(19)17-10-2-1-3-11-17/h12,15H,1-11H2,(H,16,18). The molecule has 108 valence electrons. The Kier molecular flexibility index (Phi) is 5.63. The summed E-state index contributed by atoms with van der Waals surface area (Å²) in [6.45, 7) is 3.17. The van der Waals surface area contributed by atoms with Crippen molar-refractivity contribution < 1.29 is 9.59 Å². The van der Waals surface area contributed by atoms with E-state index in [-0.39, 0.29) is 11.8 Å². The van der Waals surface area contributed by atoms with Gasteiger partial charge in [0, 0.05) is 45.1 Å². The van der Waals surface area contributed by atoms with Gasteiger partial charge in [-0.3, -0.25) is 9.59 Å². The van der Waals surface area contributed by atoms with E-state index in [0.717, 1.165) is 38.8 Å². The number of hydrogen-bond acceptors (Lipinski definition) is 3. The molecule has 1 aliphatic carbocycles. The van der Waals surface area contributed by atoms with Crippen molar-refractivity contribution in [2.45, 2.75) is 51.0 Å². The Bertz CT molecular complexity index is 310. The van der Waals surface area contributed by atoms with E-state index in [1.165, 1.54) is 6.42 Å². The summed E-state index contributed by atoms with van der Waals surface area (Å²) in [5.41, 5.74) is 0. The predicted octanol–water partition coefficient (Wildman–Crippen LogP) is 0.647. The van der Waals surface area contributed by atoms with Crippen LogP contribution in [0.25, 0.3) is 0 Å². The van der Waals surface area contributed by atoms with Gasteiger partial charge in [0.1, 0.15) is 0 Å². The summed E-state index contributed by atoms with van der Waals surface area (Å²) >= 11 is 0. The fraction of sp³-hybridized carbons (Fsp3) is 0.857. The monoisotopic (exact) mass is 267 g/mol. The number of nitrogens with one attached hydrogen (secondary N) is 2. The third-order valence-electron chi connectivity index (χ3n) is 3.70. The lowest BCUT2D eigenvalue weighted by atomic mass is 10.1. The molecule has 19 heavy (non-hydrogen) atoms. The first kappa shape index (κ1) is 14.3. The molecule has 0 atom stereocenters. The van der Waals surface area contributed by atoms with Crippen LogP contribution in [0.15, 0.2) is 0 Å². The molecular formula is C14H25N3O2. The van der Waals surface area contributed by atoms with Crippen molar-refractivity contribution in [1.82, 2.24) is 15.5 Å². The van der Waals surface area contributed by atoms with Crippen LogP contribution in [0, 0.1) is 0 Å². The fourth-order valence-electron chi connectivity index (χ4n) is 2.35. The van der Waals surface area contributed by atoms with Crippen molar-refractivity contribution in [2.75, 3.05) is 26.2 Å². The van der Waals surface area contributed by atoms with Gasteiger partial charge in [-0.15, -0.1) is 0 Å². The maximum absolute atomic E-state index is 11.9. The lowest BCUT2D eigenvalue weighted by molar-refractivity contribution is -0.131. The Morgan fingerprint density at radius 3 is 2.37 bits per heavy atom. The van der Waals surface area contributed by atoms with Crippen LogP contribution in [0.3, 0.4) is 0 Å². The quantitative estimate of drug-likeness (QED) is 0.666. The van der Waals surface area contributed by atoms with E-state index in [1.54, 1.807) is 0 Å².